The Bertz CT molecular complexity index is 982. The van der Waals surface area contributed by atoms with Gasteiger partial charge >= 0.3 is 6.03 Å². The number of H-pyrrole nitrogens is 1. The molecule has 1 saturated heterocycles. The summed E-state index contributed by atoms with van der Waals surface area (Å²) in [5, 5.41) is 14.1. The van der Waals surface area contributed by atoms with Gasteiger partial charge in [0.05, 0.1) is 25.2 Å². The molecule has 1 atom stereocenters. The van der Waals surface area contributed by atoms with Crippen molar-refractivity contribution in [1.82, 2.24) is 20.1 Å². The number of carbonyl (C=O) groups is 2. The van der Waals surface area contributed by atoms with E-state index in [1.165, 1.54) is 7.11 Å². The molecule has 0 bridgehead atoms. The number of methoxy groups -OCH3 is 2. The Morgan fingerprint density at radius 2 is 2.06 bits per heavy atom. The number of fused-ring (bicyclic) bond motifs is 4. The van der Waals surface area contributed by atoms with Crippen LogP contribution in [0.4, 0.5) is 4.79 Å². The second kappa shape index (κ2) is 8.39. The second-order valence-electron chi connectivity index (χ2n) is 8.35. The van der Waals surface area contributed by atoms with Gasteiger partial charge in [0.1, 0.15) is 12.4 Å². The first kappa shape index (κ1) is 21.5. The summed E-state index contributed by atoms with van der Waals surface area (Å²) in [5.74, 6) is 0.541. The van der Waals surface area contributed by atoms with E-state index in [4.69, 9.17) is 9.47 Å². The molecule has 1 aromatic heterocycles. The number of carbonyl (C=O) groups excluding carboxylic acids is 2. The van der Waals surface area contributed by atoms with Crippen LogP contribution in [0.25, 0.3) is 10.9 Å². The van der Waals surface area contributed by atoms with Crippen LogP contribution in [0, 0.1) is 0 Å². The molecular weight excluding hydrogens is 400 g/mol. The summed E-state index contributed by atoms with van der Waals surface area (Å²) in [6.45, 7) is 3.81. The first-order chi connectivity index (χ1) is 15.0. The smallest absolute Gasteiger partial charge is 0.317 e. The normalized spacial score (nSPS) is 19.3. The van der Waals surface area contributed by atoms with Gasteiger partial charge in [-0.3, -0.25) is 4.79 Å². The summed E-state index contributed by atoms with van der Waals surface area (Å²) in [6, 6.07) is 5.25. The predicted octanol–water partition coefficient (Wildman–Crippen LogP) is 1.37. The van der Waals surface area contributed by atoms with Crippen LogP contribution in [0.15, 0.2) is 18.2 Å². The van der Waals surface area contributed by atoms with E-state index < -0.39 is 11.5 Å². The van der Waals surface area contributed by atoms with E-state index in [0.717, 1.165) is 34.3 Å². The number of amides is 3. The molecule has 1 spiro atoms. The first-order valence-corrected chi connectivity index (χ1v) is 10.6. The molecule has 9 heteroatoms. The number of aliphatic hydroxyl groups excluding tert-OH is 1. The molecule has 0 radical (unpaired) electrons. The minimum absolute atomic E-state index is 0.0589. The summed E-state index contributed by atoms with van der Waals surface area (Å²) in [7, 11) is 3.10. The number of hydrogen-bond donors (Lipinski definition) is 3. The SMILES string of the molecule is CCCNC(=O)N1CC2(C1)CN(C(=O)COC)[C@H](CO)c1[nH]c3cc(OC)ccc3c12. The van der Waals surface area contributed by atoms with Crippen LogP contribution in [0.3, 0.4) is 0 Å². The third kappa shape index (κ3) is 3.51. The maximum absolute atomic E-state index is 12.8. The van der Waals surface area contributed by atoms with Gasteiger partial charge in [-0.05, 0) is 24.1 Å². The number of ether oxygens (including phenoxy) is 2. The standard InChI is InChI=1S/C22H30N4O5/c1-4-7-23-21(29)25-11-22(12-25)13-26(18(28)10-30-2)17(9-27)20-19(22)15-6-5-14(31-3)8-16(15)24-20/h5-6,8,17,24,27H,4,7,9-13H2,1-3H3,(H,23,29)/t17-/m1/s1. The fourth-order valence-corrected chi connectivity index (χ4v) is 4.90. The van der Waals surface area contributed by atoms with Crippen LogP contribution >= 0.6 is 0 Å². The fraction of sp³-hybridized carbons (Fsp3) is 0.545. The maximum atomic E-state index is 12.8. The molecule has 0 aliphatic carbocycles. The highest BCUT2D eigenvalue weighted by molar-refractivity contribution is 5.90. The molecule has 2 aliphatic heterocycles. The number of likely N-dealkylation sites (tertiary alicyclic amines) is 1. The van der Waals surface area contributed by atoms with Crippen molar-refractivity contribution in [2.24, 2.45) is 0 Å². The molecule has 3 amide bonds. The zero-order valence-corrected chi connectivity index (χ0v) is 18.2. The van der Waals surface area contributed by atoms with Gasteiger partial charge in [0, 0.05) is 56.0 Å². The molecule has 0 unspecified atom stereocenters. The number of nitrogens with one attached hydrogen (secondary N) is 2. The number of urea groups is 1. The lowest BCUT2D eigenvalue weighted by Crippen LogP contribution is -2.69. The Balaban J connectivity index is 1.77. The van der Waals surface area contributed by atoms with Crippen LogP contribution in [0.2, 0.25) is 0 Å². The summed E-state index contributed by atoms with van der Waals surface area (Å²) in [4.78, 5) is 32.2. The monoisotopic (exact) mass is 430 g/mol. The van der Waals surface area contributed by atoms with Crippen LogP contribution in [-0.2, 0) is 14.9 Å². The number of benzene rings is 1. The zero-order chi connectivity index (χ0) is 22.2. The van der Waals surface area contributed by atoms with E-state index in [0.29, 0.717) is 26.2 Å². The molecule has 2 aliphatic rings. The number of aromatic amines is 1. The van der Waals surface area contributed by atoms with Crippen molar-refractivity contribution in [3.8, 4) is 5.75 Å². The van der Waals surface area contributed by atoms with Crippen molar-refractivity contribution in [3.63, 3.8) is 0 Å². The number of hydrogen-bond acceptors (Lipinski definition) is 5. The third-order valence-electron chi connectivity index (χ3n) is 6.31. The fourth-order valence-electron chi connectivity index (χ4n) is 4.90. The average Bonchev–Trinajstić information content (AvgIpc) is 3.13. The van der Waals surface area contributed by atoms with Gasteiger partial charge in [0.2, 0.25) is 5.91 Å². The highest BCUT2D eigenvalue weighted by Crippen LogP contribution is 2.48. The van der Waals surface area contributed by atoms with Gasteiger partial charge in [-0.1, -0.05) is 6.92 Å². The molecule has 2 aromatic rings. The second-order valence-corrected chi connectivity index (χ2v) is 8.35. The molecule has 1 fully saturated rings. The third-order valence-corrected chi connectivity index (χ3v) is 6.31. The lowest BCUT2D eigenvalue weighted by Gasteiger charge is -2.55. The molecule has 9 nitrogen and oxygen atoms in total. The van der Waals surface area contributed by atoms with Gasteiger partial charge in [-0.2, -0.15) is 0 Å². The maximum Gasteiger partial charge on any atom is 0.317 e. The molecule has 31 heavy (non-hydrogen) atoms. The van der Waals surface area contributed by atoms with E-state index >= 15 is 0 Å². The van der Waals surface area contributed by atoms with E-state index in [1.807, 2.05) is 25.1 Å². The zero-order valence-electron chi connectivity index (χ0n) is 18.2. The molecule has 1 aromatic carbocycles. The molecule has 168 valence electrons. The van der Waals surface area contributed by atoms with Gasteiger partial charge in [0.25, 0.3) is 0 Å². The Hall–Kier alpha value is -2.78. The summed E-state index contributed by atoms with van der Waals surface area (Å²) in [6.07, 6.45) is 0.872. The quantitative estimate of drug-likeness (QED) is 0.642. The highest BCUT2D eigenvalue weighted by atomic mass is 16.5. The summed E-state index contributed by atoms with van der Waals surface area (Å²) in [5.41, 5.74) is 2.37. The Kier molecular flexibility index (Phi) is 5.81. The van der Waals surface area contributed by atoms with E-state index in [2.05, 4.69) is 10.3 Å². The minimum Gasteiger partial charge on any atom is -0.497 e. The van der Waals surface area contributed by atoms with Gasteiger partial charge in [0.15, 0.2) is 0 Å². The number of aliphatic hydroxyl groups is 1. The first-order valence-electron chi connectivity index (χ1n) is 10.6. The van der Waals surface area contributed by atoms with E-state index in [1.54, 1.807) is 16.9 Å². The minimum atomic E-state index is -0.496. The predicted molar refractivity (Wildman–Crippen MR) is 115 cm³/mol. The highest BCUT2D eigenvalue weighted by Gasteiger charge is 2.54. The van der Waals surface area contributed by atoms with E-state index in [-0.39, 0.29) is 25.2 Å². The van der Waals surface area contributed by atoms with Crippen LogP contribution in [0.5, 0.6) is 5.75 Å². The summed E-state index contributed by atoms with van der Waals surface area (Å²) < 4.78 is 10.4. The van der Waals surface area contributed by atoms with Crippen molar-refractivity contribution in [2.45, 2.75) is 24.8 Å². The number of nitrogens with zero attached hydrogens (tertiary/aromatic N) is 2. The Morgan fingerprint density at radius 3 is 2.71 bits per heavy atom. The topological polar surface area (TPSA) is 107 Å². The van der Waals surface area contributed by atoms with Crippen molar-refractivity contribution in [2.75, 3.05) is 53.6 Å². The number of aromatic nitrogens is 1. The summed E-state index contributed by atoms with van der Waals surface area (Å²) >= 11 is 0. The number of rotatable bonds is 6. The van der Waals surface area contributed by atoms with Gasteiger partial charge in [-0.25, -0.2) is 4.79 Å². The van der Waals surface area contributed by atoms with Crippen molar-refractivity contribution >= 4 is 22.8 Å². The Morgan fingerprint density at radius 1 is 1.29 bits per heavy atom. The molecule has 3 heterocycles. The van der Waals surface area contributed by atoms with Crippen molar-refractivity contribution in [1.29, 1.82) is 0 Å². The van der Waals surface area contributed by atoms with Crippen molar-refractivity contribution in [3.05, 3.63) is 29.5 Å². The molecule has 0 saturated carbocycles. The average molecular weight is 431 g/mol. The lowest BCUT2D eigenvalue weighted by molar-refractivity contribution is -0.142. The van der Waals surface area contributed by atoms with Crippen LogP contribution < -0.4 is 10.1 Å². The molecule has 3 N–H and O–H groups in total. The van der Waals surface area contributed by atoms with Gasteiger partial charge < -0.3 is 34.7 Å². The van der Waals surface area contributed by atoms with Gasteiger partial charge in [-0.15, -0.1) is 0 Å². The largest absolute Gasteiger partial charge is 0.497 e. The van der Waals surface area contributed by atoms with E-state index in [9.17, 15) is 14.7 Å². The van der Waals surface area contributed by atoms with Crippen LogP contribution in [0.1, 0.15) is 30.6 Å². The molecule has 4 rings (SSSR count). The van der Waals surface area contributed by atoms with Crippen molar-refractivity contribution < 1.29 is 24.2 Å². The van der Waals surface area contributed by atoms with Crippen LogP contribution in [-0.4, -0.2) is 85.4 Å². The molecular formula is C22H30N4O5. The Labute approximate surface area is 181 Å². The lowest BCUT2D eigenvalue weighted by atomic mass is 9.69.